The Morgan fingerprint density at radius 3 is 3.08 bits per heavy atom. The number of carbonyl (C=O) groups is 1. The number of rotatable bonds is 2. The molecule has 0 aromatic carbocycles. The van der Waals surface area contributed by atoms with Gasteiger partial charge in [0.2, 0.25) is 0 Å². The monoisotopic (exact) mass is 169 g/mol. The van der Waals surface area contributed by atoms with Gasteiger partial charge in [-0.2, -0.15) is 0 Å². The van der Waals surface area contributed by atoms with Crippen LogP contribution >= 0.6 is 0 Å². The largest absolute Gasteiger partial charge is 0.353 e. The molecule has 0 bridgehead atoms. The van der Waals surface area contributed by atoms with Gasteiger partial charge in [0.25, 0.3) is 0 Å². The molecule has 0 aromatic rings. The van der Waals surface area contributed by atoms with Crippen LogP contribution in [0.15, 0.2) is 24.1 Å². The van der Waals surface area contributed by atoms with Gasteiger partial charge in [-0.25, -0.2) is 4.79 Å². The minimum Gasteiger partial charge on any atom is -0.353 e. The summed E-state index contributed by atoms with van der Waals surface area (Å²) < 4.78 is 0. The molecule has 0 aliphatic carbocycles. The molecule has 0 spiro atoms. The van der Waals surface area contributed by atoms with Crippen molar-refractivity contribution in [2.24, 2.45) is 0 Å². The molecular formula is C8H11NO3. The quantitative estimate of drug-likeness (QED) is 0.628. The van der Waals surface area contributed by atoms with E-state index in [1.807, 2.05) is 0 Å². The van der Waals surface area contributed by atoms with Gasteiger partial charge in [0.05, 0.1) is 5.70 Å². The van der Waals surface area contributed by atoms with E-state index in [0.717, 1.165) is 10.9 Å². The van der Waals surface area contributed by atoms with Crippen molar-refractivity contribution in [3.63, 3.8) is 0 Å². The Labute approximate surface area is 71.0 Å². The van der Waals surface area contributed by atoms with Crippen LogP contribution < -0.4 is 0 Å². The topological polar surface area (TPSA) is 38.8 Å². The van der Waals surface area contributed by atoms with Crippen LogP contribution in [0.4, 0.5) is 0 Å². The fourth-order valence-electron chi connectivity index (χ4n) is 0.663. The molecule has 0 atom stereocenters. The van der Waals surface area contributed by atoms with E-state index < -0.39 is 0 Å². The fraction of sp³-hybridized carbons (Fsp3) is 0.375. The summed E-state index contributed by atoms with van der Waals surface area (Å²) in [5.41, 5.74) is 0.735. The fourth-order valence-corrected chi connectivity index (χ4v) is 0.663. The zero-order valence-electron chi connectivity index (χ0n) is 7.11. The second-order valence-electron chi connectivity index (χ2n) is 2.32. The number of hydroxylamine groups is 2. The summed E-state index contributed by atoms with van der Waals surface area (Å²) in [5.74, 6) is -0.321. The Kier molecular flexibility index (Phi) is 2.74. The number of carbonyl (C=O) groups excluding carboxylic acids is 1. The van der Waals surface area contributed by atoms with Crippen LogP contribution in [-0.4, -0.2) is 11.2 Å². The van der Waals surface area contributed by atoms with Crippen molar-refractivity contribution in [3.05, 3.63) is 24.1 Å². The first-order valence-electron chi connectivity index (χ1n) is 3.75. The van der Waals surface area contributed by atoms with E-state index in [0.29, 0.717) is 6.42 Å². The van der Waals surface area contributed by atoms with Crippen LogP contribution in [0.3, 0.4) is 0 Å². The second-order valence-corrected chi connectivity index (χ2v) is 2.32. The minimum atomic E-state index is -0.321. The SMILES string of the molecule is CCC(=O)ON1OC=CC=C1C. The van der Waals surface area contributed by atoms with E-state index in [9.17, 15) is 4.79 Å². The molecule has 12 heavy (non-hydrogen) atoms. The first kappa shape index (κ1) is 8.64. The number of hydrogen-bond acceptors (Lipinski definition) is 4. The Balaban J connectivity index is 2.49. The third kappa shape index (κ3) is 2.02. The molecule has 0 N–H and O–H groups in total. The molecule has 1 aliphatic heterocycles. The van der Waals surface area contributed by atoms with E-state index in [-0.39, 0.29) is 5.97 Å². The van der Waals surface area contributed by atoms with Gasteiger partial charge >= 0.3 is 5.97 Å². The number of allylic oxidation sites excluding steroid dienone is 3. The van der Waals surface area contributed by atoms with Crippen molar-refractivity contribution in [2.75, 3.05) is 0 Å². The van der Waals surface area contributed by atoms with Gasteiger partial charge < -0.3 is 9.68 Å². The zero-order valence-corrected chi connectivity index (χ0v) is 7.11. The molecule has 0 saturated carbocycles. The van der Waals surface area contributed by atoms with E-state index in [1.54, 1.807) is 26.0 Å². The van der Waals surface area contributed by atoms with Gasteiger partial charge in [0.1, 0.15) is 6.26 Å². The van der Waals surface area contributed by atoms with Crippen molar-refractivity contribution in [1.82, 2.24) is 5.23 Å². The molecule has 4 nitrogen and oxygen atoms in total. The van der Waals surface area contributed by atoms with Gasteiger partial charge in [-0.15, -0.1) is 0 Å². The molecule has 0 amide bonds. The highest BCUT2D eigenvalue weighted by atomic mass is 17.0. The lowest BCUT2D eigenvalue weighted by Gasteiger charge is -2.21. The predicted octanol–water partition coefficient (Wildman–Crippen LogP) is 1.52. The predicted molar refractivity (Wildman–Crippen MR) is 42.2 cm³/mol. The standard InChI is InChI=1S/C8H11NO3/c1-3-8(10)12-9-7(2)5-4-6-11-9/h4-6H,3H2,1-2H3. The minimum absolute atomic E-state index is 0.321. The average molecular weight is 169 g/mol. The van der Waals surface area contributed by atoms with Crippen LogP contribution in [0.1, 0.15) is 20.3 Å². The lowest BCUT2D eigenvalue weighted by molar-refractivity contribution is -0.298. The van der Waals surface area contributed by atoms with Crippen LogP contribution in [0.2, 0.25) is 0 Å². The van der Waals surface area contributed by atoms with Crippen molar-refractivity contribution in [2.45, 2.75) is 20.3 Å². The van der Waals surface area contributed by atoms with Crippen LogP contribution in [0.25, 0.3) is 0 Å². The van der Waals surface area contributed by atoms with Crippen molar-refractivity contribution in [3.8, 4) is 0 Å². The van der Waals surface area contributed by atoms with Gasteiger partial charge in [-0.1, -0.05) is 6.92 Å². The van der Waals surface area contributed by atoms with Crippen molar-refractivity contribution >= 4 is 5.97 Å². The van der Waals surface area contributed by atoms with Crippen LogP contribution in [-0.2, 0) is 14.5 Å². The molecule has 1 heterocycles. The third-order valence-electron chi connectivity index (χ3n) is 1.33. The maximum absolute atomic E-state index is 10.8. The summed E-state index contributed by atoms with van der Waals surface area (Å²) in [6.45, 7) is 3.51. The zero-order chi connectivity index (χ0) is 8.97. The Morgan fingerprint density at radius 2 is 2.50 bits per heavy atom. The maximum atomic E-state index is 10.8. The molecule has 66 valence electrons. The molecular weight excluding hydrogens is 158 g/mol. The summed E-state index contributed by atoms with van der Waals surface area (Å²) in [7, 11) is 0. The first-order valence-corrected chi connectivity index (χ1v) is 3.75. The van der Waals surface area contributed by atoms with Gasteiger partial charge in [0, 0.05) is 6.42 Å². The molecule has 0 aromatic heterocycles. The molecule has 4 heteroatoms. The normalized spacial score (nSPS) is 15.2. The number of nitrogens with zero attached hydrogens (tertiary/aromatic N) is 1. The Hall–Kier alpha value is -1.45. The van der Waals surface area contributed by atoms with Crippen molar-refractivity contribution < 1.29 is 14.5 Å². The summed E-state index contributed by atoms with van der Waals surface area (Å²) in [5, 5.41) is 1.09. The average Bonchev–Trinajstić information content (AvgIpc) is 2.09. The highest BCUT2D eigenvalue weighted by Gasteiger charge is 2.12. The second kappa shape index (κ2) is 3.80. The van der Waals surface area contributed by atoms with Crippen molar-refractivity contribution in [1.29, 1.82) is 0 Å². The smallest absolute Gasteiger partial charge is 0.336 e. The highest BCUT2D eigenvalue weighted by Crippen LogP contribution is 2.11. The maximum Gasteiger partial charge on any atom is 0.336 e. The highest BCUT2D eigenvalue weighted by molar-refractivity contribution is 5.68. The lowest BCUT2D eigenvalue weighted by atomic mass is 10.4. The molecule has 1 aliphatic rings. The summed E-state index contributed by atoms with van der Waals surface area (Å²) >= 11 is 0. The Bertz CT molecular complexity index is 232. The lowest BCUT2D eigenvalue weighted by Crippen LogP contribution is -2.25. The molecule has 0 unspecified atom stereocenters. The van der Waals surface area contributed by atoms with Gasteiger partial charge in [0.15, 0.2) is 0 Å². The number of hydrogen-bond donors (Lipinski definition) is 0. The molecule has 1 rings (SSSR count). The van der Waals surface area contributed by atoms with E-state index in [2.05, 4.69) is 0 Å². The summed E-state index contributed by atoms with van der Waals surface area (Å²) in [4.78, 5) is 20.5. The van der Waals surface area contributed by atoms with E-state index >= 15 is 0 Å². The molecule has 0 radical (unpaired) electrons. The van der Waals surface area contributed by atoms with E-state index in [4.69, 9.17) is 9.68 Å². The summed E-state index contributed by atoms with van der Waals surface area (Å²) in [6.07, 6.45) is 5.28. The van der Waals surface area contributed by atoms with Crippen LogP contribution in [0.5, 0.6) is 0 Å². The van der Waals surface area contributed by atoms with Gasteiger partial charge in [-0.3, -0.25) is 0 Å². The van der Waals surface area contributed by atoms with Crippen LogP contribution in [0, 0.1) is 0 Å². The Morgan fingerprint density at radius 1 is 1.75 bits per heavy atom. The summed E-state index contributed by atoms with van der Waals surface area (Å²) in [6, 6.07) is 0. The van der Waals surface area contributed by atoms with E-state index in [1.165, 1.54) is 6.26 Å². The molecule has 0 saturated heterocycles. The van der Waals surface area contributed by atoms with Gasteiger partial charge in [-0.05, 0) is 24.3 Å². The first-order chi connectivity index (χ1) is 5.74. The third-order valence-corrected chi connectivity index (χ3v) is 1.33. The molecule has 0 fully saturated rings.